The van der Waals surface area contributed by atoms with E-state index in [2.05, 4.69) is 5.32 Å². The highest BCUT2D eigenvalue weighted by Gasteiger charge is 2.20. The Balaban J connectivity index is 1.71. The number of anilines is 1. The summed E-state index contributed by atoms with van der Waals surface area (Å²) in [6, 6.07) is 7.90. The van der Waals surface area contributed by atoms with Gasteiger partial charge in [0.25, 0.3) is 5.91 Å². The van der Waals surface area contributed by atoms with Gasteiger partial charge in [0, 0.05) is 27.6 Å². The van der Waals surface area contributed by atoms with Crippen LogP contribution < -0.4 is 5.32 Å². The van der Waals surface area contributed by atoms with Crippen molar-refractivity contribution in [2.24, 2.45) is 0 Å². The fourth-order valence-corrected chi connectivity index (χ4v) is 4.60. The lowest BCUT2D eigenvalue weighted by Gasteiger charge is -2.20. The van der Waals surface area contributed by atoms with E-state index in [0.29, 0.717) is 11.6 Å². The molecule has 0 saturated heterocycles. The fraction of sp³-hybridized carbons (Fsp3) is 0.227. The summed E-state index contributed by atoms with van der Waals surface area (Å²) in [4.78, 5) is 29.3. The van der Waals surface area contributed by atoms with Gasteiger partial charge >= 0.3 is 5.97 Å². The molecule has 1 aliphatic carbocycles. The van der Waals surface area contributed by atoms with Gasteiger partial charge in [0.1, 0.15) is 11.6 Å². The summed E-state index contributed by atoms with van der Waals surface area (Å²) in [7, 11) is 0. The van der Waals surface area contributed by atoms with E-state index in [4.69, 9.17) is 10.1 Å². The maximum atomic E-state index is 13.9. The highest BCUT2D eigenvalue weighted by molar-refractivity contribution is 8.00. The summed E-state index contributed by atoms with van der Waals surface area (Å²) < 4.78 is 26.9. The van der Waals surface area contributed by atoms with Gasteiger partial charge in [-0.3, -0.25) is 14.6 Å². The van der Waals surface area contributed by atoms with Crippen LogP contribution in [0.5, 0.6) is 0 Å². The van der Waals surface area contributed by atoms with Gasteiger partial charge in [-0.25, -0.2) is 8.78 Å². The molecule has 3 aromatic rings. The molecule has 5 nitrogen and oxygen atoms in total. The first-order valence-corrected chi connectivity index (χ1v) is 10.5. The van der Waals surface area contributed by atoms with E-state index < -0.39 is 23.5 Å². The predicted octanol–water partition coefficient (Wildman–Crippen LogP) is 4.82. The summed E-state index contributed by atoms with van der Waals surface area (Å²) in [5.74, 6) is -3.08. The Bertz CT molecular complexity index is 1170. The highest BCUT2D eigenvalue weighted by Crippen LogP contribution is 2.36. The molecule has 1 heterocycles. The zero-order valence-corrected chi connectivity index (χ0v) is 16.7. The van der Waals surface area contributed by atoms with Crippen molar-refractivity contribution in [1.82, 2.24) is 4.98 Å². The van der Waals surface area contributed by atoms with Crippen LogP contribution in [0.15, 0.2) is 41.3 Å². The van der Waals surface area contributed by atoms with Crippen LogP contribution in [-0.4, -0.2) is 27.7 Å². The molecule has 0 bridgehead atoms. The maximum absolute atomic E-state index is 13.9. The first-order valence-electron chi connectivity index (χ1n) is 9.49. The molecule has 0 radical (unpaired) electrons. The summed E-state index contributed by atoms with van der Waals surface area (Å²) in [6.07, 6.45) is 3.71. The van der Waals surface area contributed by atoms with Crippen LogP contribution in [-0.2, 0) is 17.6 Å². The van der Waals surface area contributed by atoms with E-state index in [0.717, 1.165) is 53.3 Å². The number of carboxylic acids is 1. The molecule has 1 aromatic heterocycles. The van der Waals surface area contributed by atoms with Crippen LogP contribution in [0.3, 0.4) is 0 Å². The topological polar surface area (TPSA) is 79.3 Å². The number of aryl methyl sites for hydroxylation is 1. The fourth-order valence-electron chi connectivity index (χ4n) is 3.61. The van der Waals surface area contributed by atoms with Crippen molar-refractivity contribution in [3.8, 4) is 0 Å². The summed E-state index contributed by atoms with van der Waals surface area (Å²) in [6.45, 7) is 0. The number of halogens is 2. The average molecular weight is 428 g/mol. The van der Waals surface area contributed by atoms with Gasteiger partial charge in [-0.1, -0.05) is 6.07 Å². The maximum Gasteiger partial charge on any atom is 0.313 e. The number of nitrogens with one attached hydrogen (secondary N) is 1. The molecule has 2 aromatic carbocycles. The number of rotatable bonds is 5. The molecule has 4 rings (SSSR count). The minimum Gasteiger partial charge on any atom is -0.481 e. The monoisotopic (exact) mass is 428 g/mol. The zero-order valence-electron chi connectivity index (χ0n) is 15.9. The Kier molecular flexibility index (Phi) is 5.67. The largest absolute Gasteiger partial charge is 0.481 e. The standard InChI is InChI=1S/C22H18F2N2O3S/c23-13-6-8-18(16(24)10-13)26-22(29)12-5-7-15-19(9-12)25-17-4-2-1-3-14(17)21(15)30-11-20(27)28/h5-10H,1-4,11H2,(H,26,29)(H,27,28). The second-order valence-electron chi connectivity index (χ2n) is 7.07. The SMILES string of the molecule is O=C(O)CSc1c2c(nc3cc(C(=O)Nc4ccc(F)cc4F)ccc13)CCCC2. The van der Waals surface area contributed by atoms with Crippen molar-refractivity contribution in [2.45, 2.75) is 30.6 Å². The Morgan fingerprint density at radius 3 is 2.67 bits per heavy atom. The van der Waals surface area contributed by atoms with Gasteiger partial charge in [0.15, 0.2) is 0 Å². The van der Waals surface area contributed by atoms with Gasteiger partial charge in [-0.15, -0.1) is 11.8 Å². The van der Waals surface area contributed by atoms with Crippen LogP contribution in [0.25, 0.3) is 10.9 Å². The quantitative estimate of drug-likeness (QED) is 0.570. The van der Waals surface area contributed by atoms with E-state index >= 15 is 0 Å². The van der Waals surface area contributed by atoms with Crippen LogP contribution in [0, 0.1) is 11.6 Å². The van der Waals surface area contributed by atoms with Crippen LogP contribution in [0.1, 0.15) is 34.5 Å². The second kappa shape index (κ2) is 8.39. The molecule has 0 atom stereocenters. The number of benzene rings is 2. The van der Waals surface area contributed by atoms with Crippen molar-refractivity contribution >= 4 is 40.2 Å². The number of fused-ring (bicyclic) bond motifs is 2. The van der Waals surface area contributed by atoms with E-state index in [1.54, 1.807) is 18.2 Å². The summed E-state index contributed by atoms with van der Waals surface area (Å²) >= 11 is 1.27. The number of thioether (sulfide) groups is 1. The molecule has 30 heavy (non-hydrogen) atoms. The third-order valence-electron chi connectivity index (χ3n) is 4.99. The number of hydrogen-bond donors (Lipinski definition) is 2. The second-order valence-corrected chi connectivity index (χ2v) is 8.05. The first kappa shape index (κ1) is 20.3. The van der Waals surface area contributed by atoms with E-state index in [9.17, 15) is 18.4 Å². The normalized spacial score (nSPS) is 13.1. The number of carbonyl (C=O) groups is 2. The molecule has 8 heteroatoms. The van der Waals surface area contributed by atoms with E-state index in [1.807, 2.05) is 0 Å². The Morgan fingerprint density at radius 1 is 1.10 bits per heavy atom. The number of nitrogens with zero attached hydrogens (tertiary/aromatic N) is 1. The Hall–Kier alpha value is -3.00. The average Bonchev–Trinajstić information content (AvgIpc) is 2.72. The molecule has 1 amide bonds. The predicted molar refractivity (Wildman–Crippen MR) is 111 cm³/mol. The zero-order chi connectivity index (χ0) is 21.3. The molecule has 0 aliphatic heterocycles. The third kappa shape index (κ3) is 4.14. The number of carbonyl (C=O) groups excluding carboxylic acids is 1. The minimum atomic E-state index is -0.896. The minimum absolute atomic E-state index is 0.0579. The van der Waals surface area contributed by atoms with Crippen molar-refractivity contribution < 1.29 is 23.5 Å². The Morgan fingerprint density at radius 2 is 1.90 bits per heavy atom. The molecular formula is C22H18F2N2O3S. The molecular weight excluding hydrogens is 410 g/mol. The molecule has 2 N–H and O–H groups in total. The number of aliphatic carboxylic acids is 1. The molecule has 0 unspecified atom stereocenters. The lowest BCUT2D eigenvalue weighted by molar-refractivity contribution is -0.133. The number of amides is 1. The van der Waals surface area contributed by atoms with Crippen LogP contribution in [0.4, 0.5) is 14.5 Å². The first-order chi connectivity index (χ1) is 14.4. The van der Waals surface area contributed by atoms with E-state index in [-0.39, 0.29) is 17.0 Å². The van der Waals surface area contributed by atoms with Crippen molar-refractivity contribution in [3.05, 3.63) is 64.9 Å². The number of aromatic nitrogens is 1. The van der Waals surface area contributed by atoms with Gasteiger partial charge < -0.3 is 10.4 Å². The summed E-state index contributed by atoms with van der Waals surface area (Å²) in [5, 5.41) is 12.3. The molecule has 154 valence electrons. The van der Waals surface area contributed by atoms with E-state index in [1.165, 1.54) is 17.8 Å². The molecule has 0 spiro atoms. The van der Waals surface area contributed by atoms with Crippen molar-refractivity contribution in [1.29, 1.82) is 0 Å². The van der Waals surface area contributed by atoms with Gasteiger partial charge in [-0.2, -0.15) is 0 Å². The van der Waals surface area contributed by atoms with Crippen molar-refractivity contribution in [3.63, 3.8) is 0 Å². The smallest absolute Gasteiger partial charge is 0.313 e. The molecule has 0 saturated carbocycles. The lowest BCUT2D eigenvalue weighted by atomic mass is 9.94. The highest BCUT2D eigenvalue weighted by atomic mass is 32.2. The Labute approximate surface area is 175 Å². The number of pyridine rings is 1. The van der Waals surface area contributed by atoms with Crippen LogP contribution in [0.2, 0.25) is 0 Å². The third-order valence-corrected chi connectivity index (χ3v) is 6.14. The van der Waals surface area contributed by atoms with Gasteiger partial charge in [-0.05, 0) is 55.5 Å². The van der Waals surface area contributed by atoms with Crippen molar-refractivity contribution in [2.75, 3.05) is 11.1 Å². The van der Waals surface area contributed by atoms with Gasteiger partial charge in [0.05, 0.1) is 17.0 Å². The molecule has 0 fully saturated rings. The van der Waals surface area contributed by atoms with Crippen LogP contribution >= 0.6 is 11.8 Å². The lowest BCUT2D eigenvalue weighted by Crippen LogP contribution is -2.14. The number of carboxylic acid groups (broad SMARTS) is 1. The summed E-state index contributed by atoms with van der Waals surface area (Å²) in [5.41, 5.74) is 2.78. The van der Waals surface area contributed by atoms with Gasteiger partial charge in [0.2, 0.25) is 0 Å². The molecule has 1 aliphatic rings. The number of hydrogen-bond acceptors (Lipinski definition) is 4.